The van der Waals surface area contributed by atoms with E-state index in [-0.39, 0.29) is 11.7 Å². The minimum Gasteiger partial charge on any atom is -0.508 e. The number of rotatable bonds is 4. The first-order valence-electron chi connectivity index (χ1n) is 4.45. The number of phenolic OH excluding ortho intramolecular Hbond substituents is 1. The largest absolute Gasteiger partial charge is 0.508 e. The van der Waals surface area contributed by atoms with Gasteiger partial charge in [-0.05, 0) is 24.3 Å². The van der Waals surface area contributed by atoms with Crippen LogP contribution in [0.3, 0.4) is 0 Å². The predicted octanol–water partition coefficient (Wildman–Crippen LogP) is 0.798. The molecule has 4 nitrogen and oxygen atoms in total. The molecule has 0 aliphatic rings. The molecule has 0 saturated carbocycles. The van der Waals surface area contributed by atoms with E-state index in [0.29, 0.717) is 23.5 Å². The second-order valence-corrected chi connectivity index (χ2v) is 3.54. The summed E-state index contributed by atoms with van der Waals surface area (Å²) < 4.78 is 0. The number of carbonyl (C=O) groups is 1. The van der Waals surface area contributed by atoms with Crippen molar-refractivity contribution in [1.82, 2.24) is 5.32 Å². The number of nitrogens with two attached hydrogens (primary N) is 1. The summed E-state index contributed by atoms with van der Waals surface area (Å²) in [5, 5.41) is 11.7. The van der Waals surface area contributed by atoms with Crippen LogP contribution in [0.2, 0.25) is 0 Å². The Hall–Kier alpha value is -1.62. The van der Waals surface area contributed by atoms with Crippen LogP contribution in [0.1, 0.15) is 16.8 Å². The van der Waals surface area contributed by atoms with Crippen molar-refractivity contribution in [2.24, 2.45) is 5.73 Å². The topological polar surface area (TPSA) is 75.3 Å². The molecule has 0 unspecified atom stereocenters. The Labute approximate surface area is 93.1 Å². The number of hydrogen-bond acceptors (Lipinski definition) is 3. The molecule has 80 valence electrons. The fourth-order valence-corrected chi connectivity index (χ4v) is 1.12. The van der Waals surface area contributed by atoms with Gasteiger partial charge in [-0.2, -0.15) is 0 Å². The number of hydrogen-bond donors (Lipinski definition) is 3. The highest BCUT2D eigenvalue weighted by atomic mass is 32.1. The molecule has 4 N–H and O–H groups in total. The van der Waals surface area contributed by atoms with Gasteiger partial charge in [0.2, 0.25) is 0 Å². The molecule has 0 radical (unpaired) electrons. The van der Waals surface area contributed by atoms with Gasteiger partial charge in [0.1, 0.15) is 5.75 Å². The number of phenols is 1. The van der Waals surface area contributed by atoms with Crippen LogP contribution in [-0.4, -0.2) is 22.5 Å². The quantitative estimate of drug-likeness (QED) is 0.661. The van der Waals surface area contributed by atoms with Crippen molar-refractivity contribution in [1.29, 1.82) is 0 Å². The molecule has 0 fully saturated rings. The number of thiocarbonyl (C=S) groups is 1. The Kier molecular flexibility index (Phi) is 4.05. The van der Waals surface area contributed by atoms with E-state index < -0.39 is 0 Å². The molecule has 0 aromatic heterocycles. The summed E-state index contributed by atoms with van der Waals surface area (Å²) in [5.74, 6) is -0.0686. The third kappa shape index (κ3) is 3.95. The van der Waals surface area contributed by atoms with Crippen LogP contribution < -0.4 is 11.1 Å². The third-order valence-corrected chi connectivity index (χ3v) is 1.99. The summed E-state index contributed by atoms with van der Waals surface area (Å²) >= 11 is 4.67. The summed E-state index contributed by atoms with van der Waals surface area (Å²) in [4.78, 5) is 11.8. The molecule has 5 heteroatoms. The van der Waals surface area contributed by atoms with Gasteiger partial charge in [0.05, 0.1) is 4.99 Å². The van der Waals surface area contributed by atoms with Gasteiger partial charge >= 0.3 is 0 Å². The highest BCUT2D eigenvalue weighted by Gasteiger charge is 2.03. The van der Waals surface area contributed by atoms with Crippen molar-refractivity contribution in [3.05, 3.63) is 29.8 Å². The lowest BCUT2D eigenvalue weighted by Crippen LogP contribution is -2.27. The van der Waals surface area contributed by atoms with Crippen LogP contribution in [0.5, 0.6) is 5.75 Å². The average molecular weight is 224 g/mol. The van der Waals surface area contributed by atoms with Crippen molar-refractivity contribution in [3.8, 4) is 5.75 Å². The molecule has 1 rings (SSSR count). The molecule has 1 aromatic carbocycles. The molecule has 0 heterocycles. The van der Waals surface area contributed by atoms with Crippen LogP contribution in [-0.2, 0) is 0 Å². The number of aromatic hydroxyl groups is 1. The predicted molar refractivity (Wildman–Crippen MR) is 61.8 cm³/mol. The molecule has 0 aliphatic heterocycles. The van der Waals surface area contributed by atoms with Gasteiger partial charge in [0, 0.05) is 18.5 Å². The zero-order chi connectivity index (χ0) is 11.3. The van der Waals surface area contributed by atoms with Crippen LogP contribution in [0.4, 0.5) is 0 Å². The first-order chi connectivity index (χ1) is 7.09. The molecular weight excluding hydrogens is 212 g/mol. The van der Waals surface area contributed by atoms with Crippen LogP contribution in [0, 0.1) is 0 Å². The minimum atomic E-state index is -0.203. The van der Waals surface area contributed by atoms with E-state index in [1.54, 1.807) is 12.1 Å². The number of amides is 1. The van der Waals surface area contributed by atoms with Gasteiger partial charge in [-0.1, -0.05) is 12.2 Å². The lowest BCUT2D eigenvalue weighted by atomic mass is 10.2. The van der Waals surface area contributed by atoms with Crippen LogP contribution in [0.15, 0.2) is 24.3 Å². The average Bonchev–Trinajstić information content (AvgIpc) is 2.18. The zero-order valence-corrected chi connectivity index (χ0v) is 8.88. The van der Waals surface area contributed by atoms with Gasteiger partial charge in [-0.25, -0.2) is 0 Å². The lowest BCUT2D eigenvalue weighted by Gasteiger charge is -2.04. The zero-order valence-electron chi connectivity index (χ0n) is 8.06. The Balaban J connectivity index is 2.47. The van der Waals surface area contributed by atoms with Crippen LogP contribution >= 0.6 is 12.2 Å². The molecule has 1 aromatic rings. The maximum absolute atomic E-state index is 11.5. The molecule has 1 amide bonds. The molecule has 0 saturated heterocycles. The van der Waals surface area contributed by atoms with Gasteiger partial charge in [-0.15, -0.1) is 0 Å². The normalized spacial score (nSPS) is 9.60. The summed E-state index contributed by atoms with van der Waals surface area (Å²) in [6, 6.07) is 6.02. The third-order valence-electron chi connectivity index (χ3n) is 1.79. The summed E-state index contributed by atoms with van der Waals surface area (Å²) in [5.41, 5.74) is 5.78. The standard InChI is InChI=1S/C10H12N2O2S/c11-9(15)5-6-12-10(14)7-1-3-8(13)4-2-7/h1-4,13H,5-6H2,(H2,11,15)(H,12,14). The van der Waals surface area contributed by atoms with Crippen molar-refractivity contribution in [3.63, 3.8) is 0 Å². The summed E-state index contributed by atoms with van der Waals surface area (Å²) in [6.45, 7) is 0.426. The fraction of sp³-hybridized carbons (Fsp3) is 0.200. The first kappa shape index (κ1) is 11.5. The summed E-state index contributed by atoms with van der Waals surface area (Å²) in [7, 11) is 0. The fourth-order valence-electron chi connectivity index (χ4n) is 1.01. The van der Waals surface area contributed by atoms with Gasteiger partial charge in [0.15, 0.2) is 0 Å². The van der Waals surface area contributed by atoms with E-state index in [2.05, 4.69) is 17.5 Å². The Bertz CT molecular complexity index is 362. The van der Waals surface area contributed by atoms with E-state index in [1.807, 2.05) is 0 Å². The van der Waals surface area contributed by atoms with Crippen molar-refractivity contribution in [2.75, 3.05) is 6.54 Å². The molecule has 0 spiro atoms. The van der Waals surface area contributed by atoms with Gasteiger partial charge < -0.3 is 16.2 Å². The van der Waals surface area contributed by atoms with Crippen molar-refractivity contribution < 1.29 is 9.90 Å². The molecular formula is C10H12N2O2S. The van der Waals surface area contributed by atoms with E-state index in [9.17, 15) is 4.79 Å². The first-order valence-corrected chi connectivity index (χ1v) is 4.86. The Morgan fingerprint density at radius 3 is 2.53 bits per heavy atom. The number of nitrogens with one attached hydrogen (secondary N) is 1. The second kappa shape index (κ2) is 5.31. The van der Waals surface area contributed by atoms with E-state index >= 15 is 0 Å². The van der Waals surface area contributed by atoms with E-state index in [0.717, 1.165) is 0 Å². The number of carbonyl (C=O) groups excluding carboxylic acids is 1. The SMILES string of the molecule is NC(=S)CCNC(=O)c1ccc(O)cc1. The molecule has 0 atom stereocenters. The van der Waals surface area contributed by atoms with Crippen molar-refractivity contribution >= 4 is 23.1 Å². The smallest absolute Gasteiger partial charge is 0.251 e. The van der Waals surface area contributed by atoms with Crippen LogP contribution in [0.25, 0.3) is 0 Å². The maximum atomic E-state index is 11.5. The molecule has 15 heavy (non-hydrogen) atoms. The van der Waals surface area contributed by atoms with Crippen molar-refractivity contribution in [2.45, 2.75) is 6.42 Å². The Morgan fingerprint density at radius 1 is 1.40 bits per heavy atom. The van der Waals surface area contributed by atoms with Gasteiger partial charge in [0.25, 0.3) is 5.91 Å². The Morgan fingerprint density at radius 2 is 2.00 bits per heavy atom. The highest BCUT2D eigenvalue weighted by Crippen LogP contribution is 2.09. The minimum absolute atomic E-state index is 0.134. The number of benzene rings is 1. The monoisotopic (exact) mass is 224 g/mol. The summed E-state index contributed by atoms with van der Waals surface area (Å²) in [6.07, 6.45) is 0.485. The van der Waals surface area contributed by atoms with E-state index in [1.165, 1.54) is 12.1 Å². The molecule has 0 bridgehead atoms. The highest BCUT2D eigenvalue weighted by molar-refractivity contribution is 7.80. The lowest BCUT2D eigenvalue weighted by molar-refractivity contribution is 0.0955. The molecule has 0 aliphatic carbocycles. The maximum Gasteiger partial charge on any atom is 0.251 e. The van der Waals surface area contributed by atoms with Gasteiger partial charge in [-0.3, -0.25) is 4.79 Å². The van der Waals surface area contributed by atoms with E-state index in [4.69, 9.17) is 10.8 Å². The second-order valence-electron chi connectivity index (χ2n) is 3.02.